The molecule has 2 fully saturated rings. The Balaban J connectivity index is 1.42. The number of urea groups is 1. The van der Waals surface area contributed by atoms with Gasteiger partial charge in [0, 0.05) is 93.7 Å². The smallest absolute Gasteiger partial charge is 0.323 e. The summed E-state index contributed by atoms with van der Waals surface area (Å²) in [5.41, 5.74) is 23.6. The first-order valence-corrected chi connectivity index (χ1v) is 40.1. The number of guanidine groups is 1. The van der Waals surface area contributed by atoms with Crippen LogP contribution in [0.1, 0.15) is 94.4 Å². The average Bonchev–Trinajstić information content (AvgIpc) is 1.63. The van der Waals surface area contributed by atoms with Crippen molar-refractivity contribution in [2.75, 3.05) is 51.3 Å². The van der Waals surface area contributed by atoms with Gasteiger partial charge in [0.05, 0.1) is 24.8 Å². The van der Waals surface area contributed by atoms with E-state index in [4.69, 9.17) is 28.3 Å². The quantitative estimate of drug-likeness (QED) is 0.0127. The standard InChI is InChI=1S/C71H100N24O21S2/c1-35(96)57-67(113)88-49(28-55(100)101)69(115)95-24-8-14-52(95)66(112)84-43(11-5-21-77-70(74)75)60(106)89-51-34-118-117-33-50(80-54(99)29-72)64(110)86-47(63(109)90-57)27-38-31-94(92-91-38)23-7-13-44(59(105)87-48(68(114)93(2)32-56(102)103)25-36-15-17-39(97)18-16-36)81-61(107)45(19-20-53(73)98)83-62(108)46(26-37-30-79-41-10-4-3-9-40(37)41)85-58(104)42(82-65(51)111)12-6-22-78-71(76)116/h3-4,9-10,15-18,30-31,35,42-52,57,79,96-97H,5-8,11-14,19-29,32-34,72H2,1-2H3,(H2,73,98)(H,80,99)(H,81,107)(H,82,111)(H,83,108)(H,84,112)(H,85,104)(H,86,110)(H,87,105)(H,88,113)(H,89,106)(H,90,109)(H,100,101)(H,102,103)(H4,74,75,77)(H3,76,78,116)/t35-,42-,43-,44-,45-,46+,47-,48-,49-,50?,51-,52+,57+/m0/s1. The van der Waals surface area contributed by atoms with E-state index in [1.165, 1.54) is 41.3 Å². The van der Waals surface area contributed by atoms with Gasteiger partial charge in [-0.1, -0.05) is 57.1 Å². The number of H-pyrrole nitrogens is 1. The summed E-state index contributed by atoms with van der Waals surface area (Å²) < 4.78 is 1.19. The van der Waals surface area contributed by atoms with Crippen LogP contribution in [0.4, 0.5) is 4.79 Å². The molecular weight excluding hydrogens is 1590 g/mol. The first-order valence-electron chi connectivity index (χ1n) is 37.6. The molecule has 27 N–H and O–H groups in total. The molecule has 16 amide bonds. The molecule has 1 unspecified atom stereocenters. The number of nitrogens with zero attached hydrogens (tertiary/aromatic N) is 5. The lowest BCUT2D eigenvalue weighted by Gasteiger charge is -2.31. The first-order chi connectivity index (χ1) is 56.1. The Morgan fingerprint density at radius 3 is 1.94 bits per heavy atom. The fourth-order valence-corrected chi connectivity index (χ4v) is 15.3. The molecule has 2 aromatic carbocycles. The lowest BCUT2D eigenvalue weighted by molar-refractivity contribution is -0.146. The van der Waals surface area contributed by atoms with Gasteiger partial charge < -0.3 is 127 Å². The molecule has 642 valence electrons. The van der Waals surface area contributed by atoms with Crippen molar-refractivity contribution in [3.05, 3.63) is 77.7 Å². The number of amides is 16. The average molecular weight is 1690 g/mol. The number of carboxylic acids is 2. The van der Waals surface area contributed by atoms with Crippen LogP contribution < -0.4 is 92.1 Å². The number of benzene rings is 2. The lowest BCUT2D eigenvalue weighted by Crippen LogP contribution is -2.62. The normalized spacial score (nSPS) is 23.2. The number of para-hydroxylation sites is 1. The molecule has 118 heavy (non-hydrogen) atoms. The van der Waals surface area contributed by atoms with Gasteiger partial charge in [-0.05, 0) is 94.0 Å². The highest BCUT2D eigenvalue weighted by Crippen LogP contribution is 2.26. The van der Waals surface area contributed by atoms with Crippen LogP contribution in [0.25, 0.3) is 10.9 Å². The Bertz CT molecular complexity index is 4320. The molecule has 4 aromatic rings. The summed E-state index contributed by atoms with van der Waals surface area (Å²) in [5.74, 6) is -20.1. The summed E-state index contributed by atoms with van der Waals surface area (Å²) in [4.78, 5) is 246. The van der Waals surface area contributed by atoms with E-state index >= 15 is 28.8 Å². The van der Waals surface area contributed by atoms with E-state index in [1.54, 1.807) is 24.3 Å². The van der Waals surface area contributed by atoms with E-state index in [-0.39, 0.29) is 82.6 Å². The maximum absolute atomic E-state index is 15.4. The van der Waals surface area contributed by atoms with Crippen molar-refractivity contribution in [1.29, 1.82) is 5.41 Å². The number of aliphatic carboxylic acids is 2. The van der Waals surface area contributed by atoms with Crippen molar-refractivity contribution in [2.45, 2.75) is 182 Å². The van der Waals surface area contributed by atoms with Crippen LogP contribution >= 0.6 is 21.6 Å². The maximum atomic E-state index is 15.4. The maximum Gasteiger partial charge on any atom is 0.323 e. The number of phenolic OH excluding ortho intramolecular Hbond substituents is 1. The minimum absolute atomic E-state index is 0.0348. The molecule has 2 saturated heterocycles. The molecular formula is C71H100N24O21S2. The molecule has 0 saturated carbocycles. The Morgan fingerprint density at radius 2 is 1.28 bits per heavy atom. The highest BCUT2D eigenvalue weighted by molar-refractivity contribution is 8.76. The number of nitrogens with two attached hydrogens (primary N) is 4. The van der Waals surface area contributed by atoms with Gasteiger partial charge in [-0.25, -0.2) is 4.79 Å². The van der Waals surface area contributed by atoms with Crippen molar-refractivity contribution in [1.82, 2.24) is 98.9 Å². The third-order valence-corrected chi connectivity index (χ3v) is 21.5. The van der Waals surface area contributed by atoms with E-state index < -0.39 is 255 Å². The van der Waals surface area contributed by atoms with Gasteiger partial charge in [-0.3, -0.25) is 86.8 Å². The first kappa shape index (κ1) is 92.8. The number of aliphatic hydroxyl groups is 1. The Morgan fingerprint density at radius 1 is 0.678 bits per heavy atom. The number of phenols is 1. The number of hydrogen-bond donors (Lipinski definition) is 23. The van der Waals surface area contributed by atoms with Gasteiger partial charge in [-0.2, -0.15) is 0 Å². The predicted molar refractivity (Wildman–Crippen MR) is 420 cm³/mol. The molecule has 13 atom stereocenters. The lowest BCUT2D eigenvalue weighted by atomic mass is 10.0. The van der Waals surface area contributed by atoms with Gasteiger partial charge in [0.2, 0.25) is 82.7 Å². The summed E-state index contributed by atoms with van der Waals surface area (Å²) in [6.07, 6.45) is -4.17. The van der Waals surface area contributed by atoms with E-state index in [0.29, 0.717) is 22.0 Å². The predicted octanol–water partition coefficient (Wildman–Crippen LogP) is -7.66. The Kier molecular flexibility index (Phi) is 35.5. The van der Waals surface area contributed by atoms with Gasteiger partial charge in [0.15, 0.2) is 5.96 Å². The van der Waals surface area contributed by atoms with Crippen LogP contribution in [0.15, 0.2) is 60.9 Å². The molecule has 0 spiro atoms. The molecule has 3 aliphatic rings. The number of nitrogens with one attached hydrogen (secondary N) is 15. The number of primary amides is 2. The number of aryl methyl sites for hydroxylation is 1. The van der Waals surface area contributed by atoms with Crippen molar-refractivity contribution >= 4 is 139 Å². The van der Waals surface area contributed by atoms with Gasteiger partial charge in [0.25, 0.3) is 0 Å². The second-order valence-corrected chi connectivity index (χ2v) is 30.8. The van der Waals surface area contributed by atoms with E-state index in [9.17, 15) is 73.2 Å². The number of hydrogen-bond acceptors (Lipinski definition) is 25. The number of carbonyl (C=O) groups excluding carboxylic acids is 15. The fourth-order valence-electron chi connectivity index (χ4n) is 13.0. The summed E-state index contributed by atoms with van der Waals surface area (Å²) in [5, 5.41) is 90.6. The van der Waals surface area contributed by atoms with Crippen LogP contribution in [0.3, 0.4) is 0 Å². The minimum atomic E-state index is -2.07. The van der Waals surface area contributed by atoms with Crippen LogP contribution in [0.5, 0.6) is 5.75 Å². The summed E-state index contributed by atoms with van der Waals surface area (Å²) in [7, 11) is 2.75. The summed E-state index contributed by atoms with van der Waals surface area (Å²) in [6, 6.07) is -10.0. The minimum Gasteiger partial charge on any atom is -0.508 e. The molecule has 2 aromatic heterocycles. The van der Waals surface area contributed by atoms with Crippen LogP contribution in [0.2, 0.25) is 0 Å². The molecule has 7 rings (SSSR count). The summed E-state index contributed by atoms with van der Waals surface area (Å²) in [6.45, 7) is -1.23. The molecule has 5 heterocycles. The molecule has 0 radical (unpaired) electrons. The molecule has 4 bridgehead atoms. The molecule has 0 aliphatic carbocycles. The topological polar surface area (TPSA) is 708 Å². The van der Waals surface area contributed by atoms with Gasteiger partial charge in [0.1, 0.15) is 84.8 Å². The Hall–Kier alpha value is -12.4. The van der Waals surface area contributed by atoms with Crippen molar-refractivity contribution in [3.63, 3.8) is 0 Å². The van der Waals surface area contributed by atoms with Crippen LogP contribution in [-0.4, -0.2) is 287 Å². The molecule has 3 aliphatic heterocycles. The number of aromatic hydroxyl groups is 1. The number of rotatable bonds is 25. The number of carboxylic acid groups (broad SMARTS) is 2. The van der Waals surface area contributed by atoms with Crippen molar-refractivity contribution in [3.8, 4) is 5.75 Å². The number of likely N-dealkylation sites (N-methyl/N-ethyl adjacent to an activating group) is 1. The van der Waals surface area contributed by atoms with Gasteiger partial charge in [-0.15, -0.1) is 5.10 Å². The molecule has 45 nitrogen and oxygen atoms in total. The highest BCUT2D eigenvalue weighted by Gasteiger charge is 2.43. The zero-order valence-electron chi connectivity index (χ0n) is 64.4. The number of aromatic amines is 1. The fraction of sp³-hybridized carbons (Fsp3) is 0.521. The van der Waals surface area contributed by atoms with Gasteiger partial charge >= 0.3 is 18.0 Å². The Labute approximate surface area is 682 Å². The van der Waals surface area contributed by atoms with E-state index in [2.05, 4.69) is 84.4 Å². The largest absolute Gasteiger partial charge is 0.508 e. The van der Waals surface area contributed by atoms with Crippen molar-refractivity contribution < 1.29 is 102 Å². The monoisotopic (exact) mass is 1690 g/mol. The number of carbonyl (C=O) groups is 17. The van der Waals surface area contributed by atoms with E-state index in [1.807, 2.05) is 0 Å². The second-order valence-electron chi connectivity index (χ2n) is 28.2. The zero-order valence-corrected chi connectivity index (χ0v) is 66.1. The van der Waals surface area contributed by atoms with E-state index in [0.717, 1.165) is 45.4 Å². The number of aromatic nitrogens is 4. The number of aliphatic hydroxyl groups excluding tert-OH is 1. The highest BCUT2D eigenvalue weighted by atomic mass is 33.1. The number of fused-ring (bicyclic) bond motifs is 12. The zero-order chi connectivity index (χ0) is 86.4. The van der Waals surface area contributed by atoms with Crippen molar-refractivity contribution in [2.24, 2.45) is 22.9 Å². The SMILES string of the molecule is C[C@H](O)[C@H]1NC(=O)[C@@H]2Cc3cn(nn3)CCC[C@@H](C(=O)N[C@@H](Cc3ccc(O)cc3)C(=O)N(C)CC(=O)O)NC(=O)[C@H](CCC(N)=O)NC(=O)[C@@H](Cc3c[nH]c4ccccc34)NC(=O)[C@H](CCCNC(N)=O)NC(=O)[C@H](CSSCC(NC(=O)CN)C(=O)N2)NC(=O)[C@H](CCCNC(=N)N)NC(=O)[C@H]2CCCN2C(=O)[C@H](CC(=O)O)NC1=O. The second kappa shape index (κ2) is 45.2. The third-order valence-electron chi connectivity index (χ3n) is 19.1. The van der Waals surface area contributed by atoms with Crippen LogP contribution in [-0.2, 0) is 103 Å². The van der Waals surface area contributed by atoms with Crippen LogP contribution in [0, 0.1) is 5.41 Å². The third kappa shape index (κ3) is 28.8. The molecule has 47 heteroatoms. The summed E-state index contributed by atoms with van der Waals surface area (Å²) >= 11 is 0.